The van der Waals surface area contributed by atoms with Crippen molar-refractivity contribution in [3.63, 3.8) is 0 Å². The van der Waals surface area contributed by atoms with E-state index in [-0.39, 0.29) is 30.9 Å². The Morgan fingerprint density at radius 2 is 2.28 bits per heavy atom. The monoisotopic (exact) mass is 418 g/mol. The van der Waals surface area contributed by atoms with Gasteiger partial charge in [-0.15, -0.1) is 0 Å². The van der Waals surface area contributed by atoms with Crippen LogP contribution in [0.5, 0.6) is 5.75 Å². The molecule has 0 aromatic heterocycles. The number of carbonyl (C=O) groups excluding carboxylic acids is 3. The average molecular weight is 419 g/mol. The van der Waals surface area contributed by atoms with Gasteiger partial charge in [0.05, 0.1) is 12.2 Å². The standard InChI is InChI=1S/C21H23ClN2O5/c1-2-28-19(25)6-4-17(11-13-7-8-23-20(13)26)24-21(27)15-9-14-10-16(22)3-5-18(14)29-12-15/h3-6,9-10,13,17H,2,7-8,11-12H2,1H3,(H,23,26)(H,24,27). The number of halogens is 1. The summed E-state index contributed by atoms with van der Waals surface area (Å²) in [6.07, 6.45) is 5.66. The zero-order chi connectivity index (χ0) is 20.8. The summed E-state index contributed by atoms with van der Waals surface area (Å²) < 4.78 is 10.5. The minimum Gasteiger partial charge on any atom is -0.488 e. The van der Waals surface area contributed by atoms with Gasteiger partial charge < -0.3 is 20.1 Å². The fourth-order valence-electron chi connectivity index (χ4n) is 3.29. The summed E-state index contributed by atoms with van der Waals surface area (Å²) in [6.45, 7) is 2.71. The number of benzene rings is 1. The number of rotatable bonds is 7. The molecule has 2 heterocycles. The molecular weight excluding hydrogens is 396 g/mol. The maximum Gasteiger partial charge on any atom is 0.330 e. The fourth-order valence-corrected chi connectivity index (χ4v) is 3.47. The zero-order valence-electron chi connectivity index (χ0n) is 16.1. The lowest BCUT2D eigenvalue weighted by Crippen LogP contribution is -2.38. The molecule has 0 radical (unpaired) electrons. The SMILES string of the molecule is CCOC(=O)C=CC(CC1CCNC1=O)NC(=O)C1=Cc2cc(Cl)ccc2OC1. The van der Waals surface area contributed by atoms with Gasteiger partial charge in [0.15, 0.2) is 0 Å². The van der Waals surface area contributed by atoms with E-state index in [0.29, 0.717) is 35.7 Å². The lowest BCUT2D eigenvalue weighted by molar-refractivity contribution is -0.137. The molecular formula is C21H23ClN2O5. The van der Waals surface area contributed by atoms with Crippen molar-refractivity contribution in [1.82, 2.24) is 10.6 Å². The van der Waals surface area contributed by atoms with E-state index in [9.17, 15) is 14.4 Å². The first kappa shape index (κ1) is 20.9. The van der Waals surface area contributed by atoms with Crippen LogP contribution >= 0.6 is 11.6 Å². The molecule has 2 aliphatic rings. The Hall–Kier alpha value is -2.80. The number of nitrogens with one attached hydrogen (secondary N) is 2. The van der Waals surface area contributed by atoms with Crippen LogP contribution in [-0.2, 0) is 19.1 Å². The van der Waals surface area contributed by atoms with Gasteiger partial charge in [-0.05, 0) is 44.0 Å². The summed E-state index contributed by atoms with van der Waals surface area (Å²) in [6, 6.07) is 4.71. The molecule has 0 bridgehead atoms. The fraction of sp³-hybridized carbons (Fsp3) is 0.381. The third-order valence-electron chi connectivity index (χ3n) is 4.75. The zero-order valence-corrected chi connectivity index (χ0v) is 16.8. The minimum absolute atomic E-state index is 0.0439. The van der Waals surface area contributed by atoms with E-state index < -0.39 is 12.0 Å². The van der Waals surface area contributed by atoms with Crippen LogP contribution in [0.15, 0.2) is 35.9 Å². The Labute approximate surface area is 174 Å². The number of hydrogen-bond donors (Lipinski definition) is 2. The lowest BCUT2D eigenvalue weighted by Gasteiger charge is -2.21. The van der Waals surface area contributed by atoms with Gasteiger partial charge >= 0.3 is 5.97 Å². The molecule has 8 heteroatoms. The molecule has 7 nitrogen and oxygen atoms in total. The van der Waals surface area contributed by atoms with E-state index in [4.69, 9.17) is 21.1 Å². The molecule has 29 heavy (non-hydrogen) atoms. The van der Waals surface area contributed by atoms with Crippen molar-refractivity contribution in [3.05, 3.63) is 46.5 Å². The van der Waals surface area contributed by atoms with Crippen LogP contribution in [0.1, 0.15) is 25.3 Å². The molecule has 2 aliphatic heterocycles. The second kappa shape index (κ2) is 9.60. The van der Waals surface area contributed by atoms with E-state index in [2.05, 4.69) is 10.6 Å². The second-order valence-corrected chi connectivity index (χ2v) is 7.28. The molecule has 2 unspecified atom stereocenters. The average Bonchev–Trinajstić information content (AvgIpc) is 3.10. The molecule has 0 saturated carbocycles. The largest absolute Gasteiger partial charge is 0.488 e. The Bertz CT molecular complexity index is 865. The Balaban J connectivity index is 1.72. The first-order valence-electron chi connectivity index (χ1n) is 9.52. The highest BCUT2D eigenvalue weighted by atomic mass is 35.5. The van der Waals surface area contributed by atoms with E-state index in [0.717, 1.165) is 5.56 Å². The highest BCUT2D eigenvalue weighted by molar-refractivity contribution is 6.30. The van der Waals surface area contributed by atoms with Gasteiger partial charge in [0.25, 0.3) is 5.91 Å². The Morgan fingerprint density at radius 1 is 1.45 bits per heavy atom. The quantitative estimate of drug-likeness (QED) is 0.523. The maximum absolute atomic E-state index is 12.8. The van der Waals surface area contributed by atoms with E-state index >= 15 is 0 Å². The topological polar surface area (TPSA) is 93.7 Å². The van der Waals surface area contributed by atoms with Crippen molar-refractivity contribution in [2.45, 2.75) is 25.8 Å². The molecule has 1 fully saturated rings. The number of carbonyl (C=O) groups is 3. The molecule has 1 saturated heterocycles. The number of ether oxygens (including phenoxy) is 2. The van der Waals surface area contributed by atoms with Crippen molar-refractivity contribution in [1.29, 1.82) is 0 Å². The summed E-state index contributed by atoms with van der Waals surface area (Å²) in [4.78, 5) is 36.4. The van der Waals surface area contributed by atoms with Crippen molar-refractivity contribution in [2.24, 2.45) is 5.92 Å². The van der Waals surface area contributed by atoms with Crippen LogP contribution in [0.25, 0.3) is 6.08 Å². The van der Waals surface area contributed by atoms with Crippen molar-refractivity contribution >= 4 is 35.5 Å². The summed E-state index contributed by atoms with van der Waals surface area (Å²) in [5.41, 5.74) is 1.16. The van der Waals surface area contributed by atoms with Crippen LogP contribution < -0.4 is 15.4 Å². The van der Waals surface area contributed by atoms with Gasteiger partial charge in [0.2, 0.25) is 5.91 Å². The number of hydrogen-bond acceptors (Lipinski definition) is 5. The molecule has 2 N–H and O–H groups in total. The number of fused-ring (bicyclic) bond motifs is 1. The normalized spacial score (nSPS) is 19.0. The predicted molar refractivity (Wildman–Crippen MR) is 108 cm³/mol. The van der Waals surface area contributed by atoms with Crippen LogP contribution in [0.3, 0.4) is 0 Å². The molecule has 0 spiro atoms. The first-order chi connectivity index (χ1) is 14.0. The highest BCUT2D eigenvalue weighted by Gasteiger charge is 2.28. The molecule has 0 aliphatic carbocycles. The molecule has 3 rings (SSSR count). The Morgan fingerprint density at radius 3 is 3.00 bits per heavy atom. The molecule has 1 aromatic rings. The minimum atomic E-state index is -0.498. The summed E-state index contributed by atoms with van der Waals surface area (Å²) >= 11 is 6.02. The third-order valence-corrected chi connectivity index (χ3v) is 4.98. The van der Waals surface area contributed by atoms with Gasteiger partial charge in [-0.25, -0.2) is 4.79 Å². The van der Waals surface area contributed by atoms with Gasteiger partial charge in [-0.1, -0.05) is 17.7 Å². The van der Waals surface area contributed by atoms with Gasteiger partial charge in [0, 0.05) is 35.2 Å². The first-order valence-corrected chi connectivity index (χ1v) is 9.90. The van der Waals surface area contributed by atoms with Gasteiger partial charge in [-0.3, -0.25) is 9.59 Å². The molecule has 2 amide bonds. The van der Waals surface area contributed by atoms with E-state index in [1.54, 1.807) is 37.3 Å². The van der Waals surface area contributed by atoms with Crippen LogP contribution in [0.4, 0.5) is 0 Å². The van der Waals surface area contributed by atoms with Crippen LogP contribution in [-0.4, -0.2) is 43.6 Å². The maximum atomic E-state index is 12.8. The molecule has 1 aromatic carbocycles. The summed E-state index contributed by atoms with van der Waals surface area (Å²) in [7, 11) is 0. The van der Waals surface area contributed by atoms with E-state index in [1.807, 2.05) is 0 Å². The lowest BCUT2D eigenvalue weighted by atomic mass is 9.97. The third kappa shape index (κ3) is 5.60. The van der Waals surface area contributed by atoms with E-state index in [1.165, 1.54) is 6.08 Å². The number of amides is 2. The molecule has 154 valence electrons. The second-order valence-electron chi connectivity index (χ2n) is 6.84. The highest BCUT2D eigenvalue weighted by Crippen LogP contribution is 2.29. The van der Waals surface area contributed by atoms with Crippen molar-refractivity contribution in [3.8, 4) is 5.75 Å². The predicted octanol–water partition coefficient (Wildman–Crippen LogP) is 2.25. The Kier molecular flexibility index (Phi) is 6.93. The van der Waals surface area contributed by atoms with Crippen molar-refractivity contribution in [2.75, 3.05) is 19.8 Å². The van der Waals surface area contributed by atoms with Crippen LogP contribution in [0.2, 0.25) is 5.02 Å². The summed E-state index contributed by atoms with van der Waals surface area (Å²) in [5, 5.41) is 6.21. The van der Waals surface area contributed by atoms with Gasteiger partial charge in [0.1, 0.15) is 12.4 Å². The number of esters is 1. The van der Waals surface area contributed by atoms with Crippen molar-refractivity contribution < 1.29 is 23.9 Å². The van der Waals surface area contributed by atoms with Gasteiger partial charge in [-0.2, -0.15) is 0 Å². The van der Waals surface area contributed by atoms with Crippen LogP contribution in [0, 0.1) is 5.92 Å². The smallest absolute Gasteiger partial charge is 0.330 e. The molecule has 2 atom stereocenters. The summed E-state index contributed by atoms with van der Waals surface area (Å²) in [5.74, 6) is -0.424.